The molecule has 19 heavy (non-hydrogen) atoms. The molecule has 1 aliphatic rings. The molecule has 2 N–H and O–H groups in total. The van der Waals surface area contributed by atoms with Crippen molar-refractivity contribution in [1.82, 2.24) is 5.32 Å². The van der Waals surface area contributed by atoms with Crippen molar-refractivity contribution in [2.24, 2.45) is 4.99 Å². The van der Waals surface area contributed by atoms with Crippen LogP contribution in [0, 0.1) is 0 Å². The summed E-state index contributed by atoms with van der Waals surface area (Å²) in [5.74, 6) is -0.739. The summed E-state index contributed by atoms with van der Waals surface area (Å²) in [5.41, 5.74) is 0.399. The van der Waals surface area contributed by atoms with E-state index in [4.69, 9.17) is 23.2 Å². The molecule has 0 saturated carbocycles. The number of carbonyl (C=O) groups excluding carboxylic acids is 2. The van der Waals surface area contributed by atoms with Gasteiger partial charge in [-0.05, 0) is 18.2 Å². The number of hydrogen-bond acceptors (Lipinski definition) is 4. The molecule has 0 aliphatic carbocycles. The number of aliphatic imine (C=N–C) groups is 1. The van der Waals surface area contributed by atoms with Gasteiger partial charge < -0.3 is 5.32 Å². The van der Waals surface area contributed by atoms with Gasteiger partial charge in [0.15, 0.2) is 5.17 Å². The van der Waals surface area contributed by atoms with Crippen LogP contribution in [0.3, 0.4) is 0 Å². The molecule has 0 bridgehead atoms. The summed E-state index contributed by atoms with van der Waals surface area (Å²) in [7, 11) is 0. The van der Waals surface area contributed by atoms with E-state index in [0.29, 0.717) is 27.4 Å². The van der Waals surface area contributed by atoms with Gasteiger partial charge in [0.1, 0.15) is 0 Å². The highest BCUT2D eigenvalue weighted by Gasteiger charge is 2.18. The predicted molar refractivity (Wildman–Crippen MR) is 78.0 cm³/mol. The highest BCUT2D eigenvalue weighted by molar-refractivity contribution is 8.14. The lowest BCUT2D eigenvalue weighted by atomic mass is 10.3. The van der Waals surface area contributed by atoms with Gasteiger partial charge >= 0.3 is 11.8 Å². The molecule has 1 heterocycles. The Kier molecular flexibility index (Phi) is 4.68. The number of rotatable bonds is 1. The first-order chi connectivity index (χ1) is 9.06. The van der Waals surface area contributed by atoms with Crippen molar-refractivity contribution < 1.29 is 9.59 Å². The van der Waals surface area contributed by atoms with Crippen LogP contribution in [0.25, 0.3) is 0 Å². The normalized spacial score (nSPS) is 13.9. The second-order valence-corrected chi connectivity index (χ2v) is 5.47. The second-order valence-electron chi connectivity index (χ2n) is 3.57. The van der Waals surface area contributed by atoms with Crippen LogP contribution in [0.4, 0.5) is 5.69 Å². The van der Waals surface area contributed by atoms with Gasteiger partial charge in [0, 0.05) is 11.4 Å². The van der Waals surface area contributed by atoms with E-state index in [1.54, 1.807) is 6.07 Å². The molecule has 2 rings (SSSR count). The lowest BCUT2D eigenvalue weighted by Crippen LogP contribution is -2.37. The SMILES string of the molecule is O=C(NC1=NCCS1)C(=O)Nc1ccc(Cl)c(Cl)c1. The molecule has 0 spiro atoms. The zero-order valence-corrected chi connectivity index (χ0v) is 11.9. The van der Waals surface area contributed by atoms with Gasteiger partial charge in [-0.1, -0.05) is 35.0 Å². The highest BCUT2D eigenvalue weighted by atomic mass is 35.5. The van der Waals surface area contributed by atoms with Crippen LogP contribution in [0.15, 0.2) is 23.2 Å². The van der Waals surface area contributed by atoms with Crippen molar-refractivity contribution in [3.8, 4) is 0 Å². The average molecular weight is 318 g/mol. The van der Waals surface area contributed by atoms with Crippen LogP contribution >= 0.6 is 35.0 Å². The molecule has 2 amide bonds. The summed E-state index contributed by atoms with van der Waals surface area (Å²) >= 11 is 13.0. The zero-order valence-electron chi connectivity index (χ0n) is 9.57. The number of amides is 2. The smallest absolute Gasteiger partial charge is 0.315 e. The van der Waals surface area contributed by atoms with Gasteiger partial charge in [0.2, 0.25) is 0 Å². The minimum atomic E-state index is -0.784. The topological polar surface area (TPSA) is 70.6 Å². The van der Waals surface area contributed by atoms with E-state index < -0.39 is 11.8 Å². The van der Waals surface area contributed by atoms with Crippen LogP contribution in [0.5, 0.6) is 0 Å². The maximum absolute atomic E-state index is 11.6. The minimum Gasteiger partial charge on any atom is -0.318 e. The van der Waals surface area contributed by atoms with Crippen molar-refractivity contribution >= 4 is 57.6 Å². The third-order valence-electron chi connectivity index (χ3n) is 2.19. The summed E-state index contributed by atoms with van der Waals surface area (Å²) in [4.78, 5) is 27.2. The van der Waals surface area contributed by atoms with Crippen LogP contribution < -0.4 is 10.6 Å². The summed E-state index contributed by atoms with van der Waals surface area (Å²) in [5, 5.41) is 6.00. The van der Waals surface area contributed by atoms with E-state index in [1.165, 1.54) is 23.9 Å². The fourth-order valence-corrected chi connectivity index (χ4v) is 2.35. The first-order valence-electron chi connectivity index (χ1n) is 5.31. The summed E-state index contributed by atoms with van der Waals surface area (Å²) in [6.45, 7) is 0.648. The number of anilines is 1. The molecule has 0 atom stereocenters. The molecular formula is C11H9Cl2N3O2S. The van der Waals surface area contributed by atoms with Gasteiger partial charge in [-0.25, -0.2) is 0 Å². The molecule has 0 aromatic heterocycles. The van der Waals surface area contributed by atoms with Crippen molar-refractivity contribution in [1.29, 1.82) is 0 Å². The molecule has 0 saturated heterocycles. The van der Waals surface area contributed by atoms with Gasteiger partial charge in [0.25, 0.3) is 0 Å². The van der Waals surface area contributed by atoms with E-state index in [2.05, 4.69) is 15.6 Å². The molecule has 0 unspecified atom stereocenters. The number of carbonyl (C=O) groups is 2. The lowest BCUT2D eigenvalue weighted by Gasteiger charge is -2.06. The summed E-state index contributed by atoms with van der Waals surface area (Å²) < 4.78 is 0. The monoisotopic (exact) mass is 317 g/mol. The Morgan fingerprint density at radius 1 is 1.16 bits per heavy atom. The molecule has 1 aliphatic heterocycles. The Morgan fingerprint density at radius 3 is 2.53 bits per heavy atom. The van der Waals surface area contributed by atoms with Gasteiger partial charge in [-0.2, -0.15) is 0 Å². The van der Waals surface area contributed by atoms with Crippen molar-refractivity contribution in [3.05, 3.63) is 28.2 Å². The van der Waals surface area contributed by atoms with E-state index >= 15 is 0 Å². The predicted octanol–water partition coefficient (Wildman–Crippen LogP) is 2.15. The first kappa shape index (κ1) is 14.2. The van der Waals surface area contributed by atoms with Crippen LogP contribution in [0.1, 0.15) is 0 Å². The minimum absolute atomic E-state index is 0.301. The largest absolute Gasteiger partial charge is 0.318 e. The average Bonchev–Trinajstić information content (AvgIpc) is 2.86. The number of hydrogen-bond donors (Lipinski definition) is 2. The molecule has 5 nitrogen and oxygen atoms in total. The third-order valence-corrected chi connectivity index (χ3v) is 3.82. The van der Waals surface area contributed by atoms with Crippen LogP contribution in [0.2, 0.25) is 10.0 Å². The van der Waals surface area contributed by atoms with E-state index in [9.17, 15) is 9.59 Å². The maximum Gasteiger partial charge on any atom is 0.315 e. The molecule has 1 aromatic rings. The number of nitrogens with one attached hydrogen (secondary N) is 2. The van der Waals surface area contributed by atoms with Gasteiger partial charge in [-0.3, -0.25) is 19.9 Å². The fourth-order valence-electron chi connectivity index (χ4n) is 1.33. The maximum atomic E-state index is 11.6. The molecule has 100 valence electrons. The Hall–Kier alpha value is -1.24. The Morgan fingerprint density at radius 2 is 1.89 bits per heavy atom. The number of benzene rings is 1. The second kappa shape index (κ2) is 6.27. The number of halogens is 2. The van der Waals surface area contributed by atoms with Gasteiger partial charge in [-0.15, -0.1) is 0 Å². The van der Waals surface area contributed by atoms with E-state index in [-0.39, 0.29) is 0 Å². The molecular weight excluding hydrogens is 309 g/mol. The molecule has 0 radical (unpaired) electrons. The van der Waals surface area contributed by atoms with Gasteiger partial charge in [0.05, 0.1) is 16.6 Å². The third kappa shape index (κ3) is 3.86. The Labute approximate surface area is 123 Å². The summed E-state index contributed by atoms with van der Waals surface area (Å²) in [6.07, 6.45) is 0. The standard InChI is InChI=1S/C11H9Cl2N3O2S/c12-7-2-1-6(5-8(7)13)15-9(17)10(18)16-11-14-3-4-19-11/h1-2,5H,3-4H2,(H,15,17)(H,14,16,18). The van der Waals surface area contributed by atoms with Crippen molar-refractivity contribution in [3.63, 3.8) is 0 Å². The van der Waals surface area contributed by atoms with E-state index in [1.807, 2.05) is 0 Å². The highest BCUT2D eigenvalue weighted by Crippen LogP contribution is 2.24. The van der Waals surface area contributed by atoms with Crippen LogP contribution in [-0.2, 0) is 9.59 Å². The first-order valence-corrected chi connectivity index (χ1v) is 7.05. The van der Waals surface area contributed by atoms with Crippen molar-refractivity contribution in [2.75, 3.05) is 17.6 Å². The Balaban J connectivity index is 1.96. The number of nitrogens with zero attached hydrogens (tertiary/aromatic N) is 1. The molecule has 1 aromatic carbocycles. The lowest BCUT2D eigenvalue weighted by molar-refractivity contribution is -0.135. The van der Waals surface area contributed by atoms with Crippen LogP contribution in [-0.4, -0.2) is 29.3 Å². The molecule has 0 fully saturated rings. The Bertz CT molecular complexity index is 563. The van der Waals surface area contributed by atoms with E-state index in [0.717, 1.165) is 5.75 Å². The molecule has 8 heteroatoms. The zero-order chi connectivity index (χ0) is 13.8. The van der Waals surface area contributed by atoms with Crippen molar-refractivity contribution in [2.45, 2.75) is 0 Å². The number of thioether (sulfide) groups is 1. The number of amidine groups is 1. The quantitative estimate of drug-likeness (QED) is 0.780. The fraction of sp³-hybridized carbons (Fsp3) is 0.182. The summed E-state index contributed by atoms with van der Waals surface area (Å²) in [6, 6.07) is 4.56.